The largest absolute Gasteiger partial charge is 0.459 e. The minimum atomic E-state index is -5.34. The predicted octanol–water partition coefficient (Wildman–Crippen LogP) is 6.97. The number of benzene rings is 2. The van der Waals surface area contributed by atoms with Crippen LogP contribution in [-0.4, -0.2) is 79.3 Å². The number of rotatable bonds is 8. The highest BCUT2D eigenvalue weighted by Gasteiger charge is 2.46. The van der Waals surface area contributed by atoms with Gasteiger partial charge in [-0.2, -0.15) is 26.3 Å². The summed E-state index contributed by atoms with van der Waals surface area (Å²) >= 11 is 0.582. The van der Waals surface area contributed by atoms with Crippen LogP contribution in [0.15, 0.2) is 52.3 Å². The van der Waals surface area contributed by atoms with Crippen LogP contribution in [-0.2, 0) is 31.4 Å². The molecule has 0 aliphatic carbocycles. The number of esters is 1. The van der Waals surface area contributed by atoms with Crippen LogP contribution in [0.5, 0.6) is 0 Å². The van der Waals surface area contributed by atoms with Gasteiger partial charge in [0.1, 0.15) is 5.60 Å². The van der Waals surface area contributed by atoms with Crippen molar-refractivity contribution in [2.24, 2.45) is 0 Å². The molecule has 0 radical (unpaired) electrons. The number of halogens is 6. The van der Waals surface area contributed by atoms with Crippen LogP contribution in [0.1, 0.15) is 50.3 Å². The molecule has 1 amide bonds. The van der Waals surface area contributed by atoms with Crippen LogP contribution < -0.4 is 5.32 Å². The topological polar surface area (TPSA) is 71.1 Å². The molecule has 0 atom stereocenters. The molecule has 2 aromatic rings. The number of alkyl halides is 6. The first-order valence-corrected chi connectivity index (χ1v) is 15.7. The Labute approximate surface area is 268 Å². The summed E-state index contributed by atoms with van der Waals surface area (Å²) in [6.07, 6.45) is -7.61. The molecule has 0 bridgehead atoms. The Morgan fingerprint density at radius 3 is 2.22 bits per heavy atom. The van der Waals surface area contributed by atoms with Gasteiger partial charge in [0.2, 0.25) is 5.91 Å². The molecule has 252 valence electrons. The van der Waals surface area contributed by atoms with Crippen molar-refractivity contribution < 1.29 is 45.4 Å². The quantitative estimate of drug-likeness (QED) is 0.185. The summed E-state index contributed by atoms with van der Waals surface area (Å²) in [7, 11) is 0. The maximum absolute atomic E-state index is 14.3. The van der Waals surface area contributed by atoms with Gasteiger partial charge in [-0.05, 0) is 69.5 Å². The zero-order valence-electron chi connectivity index (χ0n) is 25.8. The lowest BCUT2D eigenvalue weighted by atomic mass is 9.99. The average molecular weight is 674 g/mol. The van der Waals surface area contributed by atoms with E-state index in [1.54, 1.807) is 39.0 Å². The van der Waals surface area contributed by atoms with Crippen molar-refractivity contribution in [2.75, 3.05) is 51.3 Å². The lowest BCUT2D eigenvalue weighted by molar-refractivity contribution is -0.163. The standard InChI is InChI=1S/C32H37F6N3O4S/c1-30(2,3)45-27(43)20-40-13-11-22(12-14-40)39-23-5-4-6-24(19-23)46-25-9-7-21(8-10-26(42)41-15-17-44-18-16-41)28(31(33,34)35)29(25)32(36,37)38/h4-10,19,22,39H,11-18,20H2,1-3H3. The molecule has 2 saturated heterocycles. The van der Waals surface area contributed by atoms with E-state index in [-0.39, 0.29) is 44.9 Å². The van der Waals surface area contributed by atoms with E-state index in [0.29, 0.717) is 48.3 Å². The molecule has 0 unspecified atom stereocenters. The summed E-state index contributed by atoms with van der Waals surface area (Å²) in [5.74, 6) is -0.914. The molecule has 14 heteroatoms. The van der Waals surface area contributed by atoms with Crippen molar-refractivity contribution in [3.8, 4) is 0 Å². The highest BCUT2D eigenvalue weighted by Crippen LogP contribution is 2.48. The SMILES string of the molecule is CC(C)(C)OC(=O)CN1CCC(Nc2cccc(Sc3ccc(C=CC(=O)N4CCOCC4)c(C(F)(F)F)c3C(F)(F)F)c2)CC1. The number of carbonyl (C=O) groups is 2. The van der Waals surface area contributed by atoms with Crippen LogP contribution in [0.25, 0.3) is 6.08 Å². The molecule has 0 saturated carbocycles. The van der Waals surface area contributed by atoms with Crippen molar-refractivity contribution in [1.29, 1.82) is 0 Å². The summed E-state index contributed by atoms with van der Waals surface area (Å²) in [5, 5.41) is 3.35. The maximum Gasteiger partial charge on any atom is 0.418 e. The zero-order chi connectivity index (χ0) is 33.7. The van der Waals surface area contributed by atoms with Crippen LogP contribution in [0.2, 0.25) is 0 Å². The van der Waals surface area contributed by atoms with E-state index >= 15 is 0 Å². The van der Waals surface area contributed by atoms with E-state index < -0.39 is 45.4 Å². The first kappa shape index (κ1) is 35.6. The van der Waals surface area contributed by atoms with Crippen LogP contribution in [0.3, 0.4) is 0 Å². The first-order valence-electron chi connectivity index (χ1n) is 14.8. The monoisotopic (exact) mass is 673 g/mol. The van der Waals surface area contributed by atoms with E-state index in [1.165, 1.54) is 11.0 Å². The number of anilines is 1. The summed E-state index contributed by atoms with van der Waals surface area (Å²) in [5.41, 5.74) is -4.36. The maximum atomic E-state index is 14.3. The fourth-order valence-electron chi connectivity index (χ4n) is 5.26. The fraction of sp³-hybridized carbons (Fsp3) is 0.500. The Morgan fingerprint density at radius 2 is 1.61 bits per heavy atom. The van der Waals surface area contributed by atoms with E-state index in [9.17, 15) is 35.9 Å². The molecule has 2 aromatic carbocycles. The summed E-state index contributed by atoms with van der Waals surface area (Å²) < 4.78 is 96.2. The van der Waals surface area contributed by atoms with Crippen molar-refractivity contribution >= 4 is 35.4 Å². The lowest BCUT2D eigenvalue weighted by Gasteiger charge is -2.33. The number of nitrogens with one attached hydrogen (secondary N) is 1. The Bertz CT molecular complexity index is 1410. The third-order valence-electron chi connectivity index (χ3n) is 7.29. The average Bonchev–Trinajstić information content (AvgIpc) is 2.95. The minimum Gasteiger partial charge on any atom is -0.459 e. The van der Waals surface area contributed by atoms with Gasteiger partial charge in [-0.15, -0.1) is 0 Å². The highest BCUT2D eigenvalue weighted by molar-refractivity contribution is 7.99. The zero-order valence-corrected chi connectivity index (χ0v) is 26.6. The van der Waals surface area contributed by atoms with Crippen LogP contribution in [0, 0.1) is 0 Å². The van der Waals surface area contributed by atoms with Crippen molar-refractivity contribution in [1.82, 2.24) is 9.80 Å². The Hall–Kier alpha value is -3.23. The number of ether oxygens (including phenoxy) is 2. The molecule has 0 aromatic heterocycles. The van der Waals surface area contributed by atoms with Crippen molar-refractivity contribution in [3.05, 3.63) is 59.2 Å². The third kappa shape index (κ3) is 10.1. The van der Waals surface area contributed by atoms with Gasteiger partial charge >= 0.3 is 18.3 Å². The molecule has 2 aliphatic heterocycles. The lowest BCUT2D eigenvalue weighted by Crippen LogP contribution is -2.42. The van der Waals surface area contributed by atoms with Gasteiger partial charge in [0.25, 0.3) is 0 Å². The fourth-order valence-corrected chi connectivity index (χ4v) is 6.31. The van der Waals surface area contributed by atoms with Gasteiger partial charge in [0, 0.05) is 53.8 Å². The van der Waals surface area contributed by atoms with Gasteiger partial charge < -0.3 is 19.7 Å². The molecule has 2 aliphatic rings. The molecular weight excluding hydrogens is 636 g/mol. The summed E-state index contributed by atoms with van der Waals surface area (Å²) in [6.45, 7) is 7.87. The molecule has 2 heterocycles. The molecule has 7 nitrogen and oxygen atoms in total. The molecule has 4 rings (SSSR count). The van der Waals surface area contributed by atoms with Crippen LogP contribution in [0.4, 0.5) is 32.0 Å². The van der Waals surface area contributed by atoms with E-state index in [1.807, 2.05) is 4.90 Å². The number of hydrogen-bond acceptors (Lipinski definition) is 7. The Balaban J connectivity index is 1.49. The van der Waals surface area contributed by atoms with Crippen molar-refractivity contribution in [2.45, 2.75) is 67.4 Å². The van der Waals surface area contributed by atoms with Gasteiger partial charge in [0.15, 0.2) is 0 Å². The summed E-state index contributed by atoms with van der Waals surface area (Å²) in [4.78, 5) is 27.7. The van der Waals surface area contributed by atoms with E-state index in [4.69, 9.17) is 9.47 Å². The number of amides is 1. The number of morpholine rings is 1. The molecule has 2 fully saturated rings. The Kier molecular flexibility index (Phi) is 11.4. The smallest absolute Gasteiger partial charge is 0.418 e. The second kappa shape index (κ2) is 14.7. The van der Waals surface area contributed by atoms with Gasteiger partial charge in [-0.25, -0.2) is 0 Å². The second-order valence-electron chi connectivity index (χ2n) is 12.1. The Morgan fingerprint density at radius 1 is 0.957 bits per heavy atom. The first-order chi connectivity index (χ1) is 21.5. The molecular formula is C32H37F6N3O4S. The third-order valence-corrected chi connectivity index (χ3v) is 8.34. The van der Waals surface area contributed by atoms with Crippen molar-refractivity contribution in [3.63, 3.8) is 0 Å². The van der Waals surface area contributed by atoms with Gasteiger partial charge in [-0.3, -0.25) is 14.5 Å². The minimum absolute atomic E-state index is 0.0314. The predicted molar refractivity (Wildman–Crippen MR) is 162 cm³/mol. The number of piperidine rings is 1. The number of carbonyl (C=O) groups excluding carboxylic acids is 2. The second-order valence-corrected chi connectivity index (χ2v) is 13.2. The number of hydrogen-bond donors (Lipinski definition) is 1. The normalized spacial score (nSPS) is 17.4. The molecule has 46 heavy (non-hydrogen) atoms. The molecule has 0 spiro atoms. The van der Waals surface area contributed by atoms with Gasteiger partial charge in [-0.1, -0.05) is 23.9 Å². The number of likely N-dealkylation sites (tertiary alicyclic amines) is 1. The molecule has 1 N–H and O–H groups in total. The van der Waals surface area contributed by atoms with Gasteiger partial charge in [0.05, 0.1) is 30.9 Å². The van der Waals surface area contributed by atoms with E-state index in [0.717, 1.165) is 24.3 Å². The van der Waals surface area contributed by atoms with Crippen LogP contribution >= 0.6 is 11.8 Å². The number of nitrogens with zero attached hydrogens (tertiary/aromatic N) is 2. The van der Waals surface area contributed by atoms with E-state index in [2.05, 4.69) is 5.32 Å². The summed E-state index contributed by atoms with van der Waals surface area (Å²) in [6, 6.07) is 8.47. The highest BCUT2D eigenvalue weighted by atomic mass is 32.2.